The van der Waals surface area contributed by atoms with Crippen LogP contribution in [0.1, 0.15) is 56.7 Å². The number of hydrogen-bond donors (Lipinski definition) is 3. The third-order valence-corrected chi connectivity index (χ3v) is 11.8. The standard InChI is InChI=1S/C38H40ClF3N4O6S/c1-5-24-20-37(24,35(49)45-53(50,51)30-14-15-30)44-33(47)31-17-22-12-13-29(52-28-11-7-9-26(39)19-28)16-23(22)21-46(31)34(48)32(36(2,3)4)43-27-10-6-8-25(18-27)38(40,41)42/h5-13,16,18-19,24,30-32,43H,1,14-15,17,20-21H2,2-4H3,(H,44,47)(H,45,49)/t24-,31+,32-,37-/m1/s1. The van der Waals surface area contributed by atoms with Crippen LogP contribution in [0.4, 0.5) is 18.9 Å². The number of hydrogen-bond acceptors (Lipinski definition) is 7. The molecule has 4 atom stereocenters. The first-order chi connectivity index (χ1) is 24.8. The van der Waals surface area contributed by atoms with Gasteiger partial charge in [-0.1, -0.05) is 56.6 Å². The molecule has 15 heteroatoms. The lowest BCUT2D eigenvalue weighted by atomic mass is 9.84. The number of rotatable bonds is 11. The summed E-state index contributed by atoms with van der Waals surface area (Å²) in [4.78, 5) is 43.9. The molecule has 2 aliphatic carbocycles. The van der Waals surface area contributed by atoms with Gasteiger partial charge in [0.1, 0.15) is 29.1 Å². The third kappa shape index (κ3) is 8.33. The highest BCUT2D eigenvalue weighted by molar-refractivity contribution is 7.91. The SMILES string of the molecule is C=C[C@@H]1C[C@]1(NC(=O)[C@@H]1Cc2ccc(Oc3cccc(Cl)c3)cc2CN1C(=O)[C@@H](Nc1cccc(C(F)(F)F)c1)C(C)(C)C)C(=O)NS(=O)(=O)C1CC1. The van der Waals surface area contributed by atoms with Gasteiger partial charge < -0.3 is 20.3 Å². The zero-order valence-corrected chi connectivity index (χ0v) is 30.9. The van der Waals surface area contributed by atoms with E-state index in [0.717, 1.165) is 17.7 Å². The van der Waals surface area contributed by atoms with Gasteiger partial charge in [0.15, 0.2) is 0 Å². The highest BCUT2D eigenvalue weighted by atomic mass is 35.5. The normalized spacial score (nSPS) is 21.8. The van der Waals surface area contributed by atoms with Gasteiger partial charge in [-0.15, -0.1) is 6.58 Å². The van der Waals surface area contributed by atoms with Crippen LogP contribution in [0.25, 0.3) is 0 Å². The number of carbonyl (C=O) groups is 3. The molecule has 2 fully saturated rings. The molecule has 0 aromatic heterocycles. The minimum atomic E-state index is -4.62. The maximum atomic E-state index is 14.7. The summed E-state index contributed by atoms with van der Waals surface area (Å²) in [5.74, 6) is -1.79. The highest BCUT2D eigenvalue weighted by Crippen LogP contribution is 2.46. The van der Waals surface area contributed by atoms with Gasteiger partial charge in [0.25, 0.3) is 5.91 Å². The molecule has 1 aliphatic heterocycles. The third-order valence-electron chi connectivity index (χ3n) is 9.79. The van der Waals surface area contributed by atoms with E-state index >= 15 is 0 Å². The fourth-order valence-corrected chi connectivity index (χ4v) is 8.09. The average Bonchev–Trinajstić information content (AvgIpc) is 4.01. The molecule has 10 nitrogen and oxygen atoms in total. The van der Waals surface area contributed by atoms with E-state index in [9.17, 15) is 36.0 Å². The summed E-state index contributed by atoms with van der Waals surface area (Å²) in [7, 11) is -3.93. The van der Waals surface area contributed by atoms with Gasteiger partial charge in [0.05, 0.1) is 10.8 Å². The van der Waals surface area contributed by atoms with E-state index in [1.807, 2.05) is 0 Å². The summed E-state index contributed by atoms with van der Waals surface area (Å²) < 4.78 is 74.4. The fourth-order valence-electron chi connectivity index (χ4n) is 6.54. The van der Waals surface area contributed by atoms with E-state index in [1.165, 1.54) is 23.1 Å². The minimum Gasteiger partial charge on any atom is -0.457 e. The maximum Gasteiger partial charge on any atom is 0.416 e. The van der Waals surface area contributed by atoms with Crippen molar-refractivity contribution >= 4 is 45.0 Å². The summed E-state index contributed by atoms with van der Waals surface area (Å²) in [6, 6.07) is 14.2. The van der Waals surface area contributed by atoms with E-state index in [-0.39, 0.29) is 25.1 Å². The predicted octanol–water partition coefficient (Wildman–Crippen LogP) is 6.60. The van der Waals surface area contributed by atoms with Crippen LogP contribution in [-0.4, -0.2) is 53.9 Å². The molecule has 3 N–H and O–H groups in total. The lowest BCUT2D eigenvalue weighted by Crippen LogP contribution is -2.61. The van der Waals surface area contributed by atoms with Crippen LogP contribution in [0, 0.1) is 11.3 Å². The molecule has 3 aromatic rings. The number of ether oxygens (including phenoxy) is 1. The smallest absolute Gasteiger partial charge is 0.416 e. The lowest BCUT2D eigenvalue weighted by Gasteiger charge is -2.41. The number of alkyl halides is 3. The molecule has 53 heavy (non-hydrogen) atoms. The number of halogens is 4. The van der Waals surface area contributed by atoms with Crippen molar-refractivity contribution in [1.82, 2.24) is 14.9 Å². The minimum absolute atomic E-state index is 0.0155. The fraction of sp³-hybridized carbons (Fsp3) is 0.395. The van der Waals surface area contributed by atoms with E-state index in [0.29, 0.717) is 34.9 Å². The molecule has 0 bridgehead atoms. The van der Waals surface area contributed by atoms with Crippen LogP contribution >= 0.6 is 11.6 Å². The van der Waals surface area contributed by atoms with Gasteiger partial charge in [0.2, 0.25) is 21.8 Å². The highest BCUT2D eigenvalue weighted by Gasteiger charge is 2.61. The molecule has 0 spiro atoms. The van der Waals surface area contributed by atoms with Crippen LogP contribution in [0.15, 0.2) is 79.4 Å². The van der Waals surface area contributed by atoms with Gasteiger partial charge in [-0.05, 0) is 84.3 Å². The van der Waals surface area contributed by atoms with Gasteiger partial charge in [-0.3, -0.25) is 19.1 Å². The van der Waals surface area contributed by atoms with E-state index < -0.39 is 73.7 Å². The van der Waals surface area contributed by atoms with Gasteiger partial charge in [-0.25, -0.2) is 8.42 Å². The first-order valence-electron chi connectivity index (χ1n) is 17.1. The molecule has 0 saturated heterocycles. The Kier molecular flexibility index (Phi) is 10.1. The number of anilines is 1. The number of sulfonamides is 1. The number of nitrogens with zero attached hydrogens (tertiary/aromatic N) is 1. The quantitative estimate of drug-likeness (QED) is 0.187. The van der Waals surface area contributed by atoms with Gasteiger partial charge in [-0.2, -0.15) is 13.2 Å². The van der Waals surface area contributed by atoms with Crippen molar-refractivity contribution in [3.8, 4) is 11.5 Å². The second-order valence-corrected chi connectivity index (χ2v) is 17.3. The largest absolute Gasteiger partial charge is 0.457 e. The summed E-state index contributed by atoms with van der Waals surface area (Å²) >= 11 is 6.13. The zero-order chi connectivity index (χ0) is 38.5. The van der Waals surface area contributed by atoms with Gasteiger partial charge >= 0.3 is 6.18 Å². The second kappa shape index (κ2) is 14.0. The van der Waals surface area contributed by atoms with Crippen molar-refractivity contribution < 1.29 is 40.7 Å². The van der Waals surface area contributed by atoms with Crippen LogP contribution in [0.2, 0.25) is 5.02 Å². The topological polar surface area (TPSA) is 134 Å². The van der Waals surface area contributed by atoms with Crippen molar-refractivity contribution in [3.63, 3.8) is 0 Å². The number of carbonyl (C=O) groups excluding carboxylic acids is 3. The Bertz CT molecular complexity index is 2070. The summed E-state index contributed by atoms with van der Waals surface area (Å²) in [6.45, 7) is 8.91. The van der Waals surface area contributed by atoms with Crippen molar-refractivity contribution in [2.24, 2.45) is 11.3 Å². The maximum absolute atomic E-state index is 14.7. The Morgan fingerprint density at radius 1 is 1.00 bits per heavy atom. The molecular formula is C38H40ClF3N4O6S. The van der Waals surface area contributed by atoms with E-state index in [1.54, 1.807) is 63.2 Å². The Balaban J connectivity index is 1.34. The monoisotopic (exact) mass is 772 g/mol. The summed E-state index contributed by atoms with van der Waals surface area (Å²) in [5.41, 5.74) is -1.92. The van der Waals surface area contributed by atoms with Crippen LogP contribution in [0.5, 0.6) is 11.5 Å². The molecule has 0 radical (unpaired) electrons. The molecule has 3 aliphatic rings. The number of benzene rings is 3. The molecule has 3 aromatic carbocycles. The molecule has 6 rings (SSSR count). The molecule has 2 saturated carbocycles. The second-order valence-electron chi connectivity index (χ2n) is 14.9. The molecule has 282 valence electrons. The first kappa shape index (κ1) is 38.2. The zero-order valence-electron chi connectivity index (χ0n) is 29.3. The van der Waals surface area contributed by atoms with Crippen molar-refractivity contribution in [2.45, 2.75) is 82.0 Å². The Hall–Kier alpha value is -4.56. The molecule has 0 unspecified atom stereocenters. The first-order valence-corrected chi connectivity index (χ1v) is 19.0. The Labute approximate surface area is 311 Å². The van der Waals surface area contributed by atoms with Crippen molar-refractivity contribution in [2.75, 3.05) is 5.32 Å². The molecule has 3 amide bonds. The number of fused-ring (bicyclic) bond motifs is 1. The van der Waals surface area contributed by atoms with Crippen LogP contribution < -0.4 is 20.1 Å². The molecular weight excluding hydrogens is 733 g/mol. The Morgan fingerprint density at radius 3 is 2.32 bits per heavy atom. The van der Waals surface area contributed by atoms with Crippen LogP contribution in [-0.2, 0) is 43.5 Å². The van der Waals surface area contributed by atoms with Crippen molar-refractivity contribution in [3.05, 3.63) is 101 Å². The lowest BCUT2D eigenvalue weighted by molar-refractivity contribution is -0.145. The molecule has 1 heterocycles. The number of amides is 3. The number of nitrogens with one attached hydrogen (secondary N) is 3. The summed E-state index contributed by atoms with van der Waals surface area (Å²) in [6.07, 6.45) is -2.16. The van der Waals surface area contributed by atoms with E-state index in [4.69, 9.17) is 16.3 Å². The predicted molar refractivity (Wildman–Crippen MR) is 194 cm³/mol. The average molecular weight is 773 g/mol. The van der Waals surface area contributed by atoms with Gasteiger partial charge in [0, 0.05) is 29.6 Å². The van der Waals surface area contributed by atoms with E-state index in [2.05, 4.69) is 21.9 Å². The van der Waals surface area contributed by atoms with Crippen molar-refractivity contribution in [1.29, 1.82) is 0 Å². The van der Waals surface area contributed by atoms with Crippen LogP contribution in [0.3, 0.4) is 0 Å². The summed E-state index contributed by atoms with van der Waals surface area (Å²) in [5, 5.41) is 5.57. The Morgan fingerprint density at radius 2 is 1.70 bits per heavy atom.